The highest BCUT2D eigenvalue weighted by atomic mass is 16.4. The van der Waals surface area contributed by atoms with Crippen molar-refractivity contribution in [1.82, 2.24) is 9.78 Å². The Balaban J connectivity index is 2.49. The Morgan fingerprint density at radius 1 is 1.44 bits per heavy atom. The third-order valence-corrected chi connectivity index (χ3v) is 2.96. The lowest BCUT2D eigenvalue weighted by molar-refractivity contribution is 0.318. The fourth-order valence-corrected chi connectivity index (χ4v) is 2.29. The predicted molar refractivity (Wildman–Crippen MR) is 61.9 cm³/mol. The number of anilines is 1. The van der Waals surface area contributed by atoms with Crippen molar-refractivity contribution >= 4 is 11.7 Å². The zero-order chi connectivity index (χ0) is 11.7. The summed E-state index contributed by atoms with van der Waals surface area (Å²) in [5, 5.41) is 16.2. The van der Waals surface area contributed by atoms with Gasteiger partial charge in [-0.2, -0.15) is 5.10 Å². The largest absolute Gasteiger partial charge is 0.409 e. The maximum atomic E-state index is 8.80. The first kappa shape index (κ1) is 10.8. The minimum Gasteiger partial charge on any atom is -0.409 e. The van der Waals surface area contributed by atoms with E-state index in [1.54, 1.807) is 4.68 Å². The van der Waals surface area contributed by atoms with Crippen LogP contribution in [0.3, 0.4) is 0 Å². The lowest BCUT2D eigenvalue weighted by atomic mass is 10.2. The number of hydrogen-bond acceptors (Lipinski definition) is 4. The Morgan fingerprint density at radius 3 is 2.62 bits per heavy atom. The lowest BCUT2D eigenvalue weighted by Crippen LogP contribution is -2.25. The molecule has 16 heavy (non-hydrogen) atoms. The highest BCUT2D eigenvalue weighted by Gasteiger charge is 2.24. The number of aryl methyl sites for hydroxylation is 2. The molecule has 1 aliphatic heterocycles. The molecule has 1 aromatic heterocycles. The van der Waals surface area contributed by atoms with E-state index in [-0.39, 0.29) is 5.84 Å². The Bertz CT molecular complexity index is 417. The van der Waals surface area contributed by atoms with Crippen molar-refractivity contribution in [3.05, 3.63) is 11.3 Å². The van der Waals surface area contributed by atoms with Gasteiger partial charge in [0.1, 0.15) is 5.82 Å². The van der Waals surface area contributed by atoms with Gasteiger partial charge in [0.25, 0.3) is 0 Å². The molecule has 1 aromatic rings. The molecule has 2 rings (SSSR count). The van der Waals surface area contributed by atoms with Crippen LogP contribution in [0.4, 0.5) is 5.82 Å². The minimum absolute atomic E-state index is 0.132. The van der Waals surface area contributed by atoms with E-state index in [1.165, 1.54) is 12.8 Å². The normalized spacial score (nSPS) is 17.1. The quantitative estimate of drug-likeness (QED) is 0.329. The summed E-state index contributed by atoms with van der Waals surface area (Å²) in [6.07, 6.45) is 2.36. The molecule has 0 saturated carbocycles. The molecule has 1 aliphatic rings. The molecule has 0 aliphatic carbocycles. The summed E-state index contributed by atoms with van der Waals surface area (Å²) < 4.78 is 1.80. The molecule has 1 saturated heterocycles. The summed E-state index contributed by atoms with van der Waals surface area (Å²) in [6, 6.07) is 0. The maximum Gasteiger partial charge on any atom is 0.175 e. The number of nitrogens with two attached hydrogens (primary N) is 1. The summed E-state index contributed by atoms with van der Waals surface area (Å²) >= 11 is 0. The van der Waals surface area contributed by atoms with Crippen LogP contribution in [0.2, 0.25) is 0 Å². The molecule has 0 aromatic carbocycles. The van der Waals surface area contributed by atoms with E-state index in [9.17, 15) is 0 Å². The molecule has 1 fully saturated rings. The number of aromatic nitrogens is 2. The molecular formula is C10H17N5O. The van der Waals surface area contributed by atoms with Crippen LogP contribution >= 0.6 is 0 Å². The second-order valence-corrected chi connectivity index (χ2v) is 4.09. The summed E-state index contributed by atoms with van der Waals surface area (Å²) in [5.74, 6) is 1.08. The molecule has 0 unspecified atom stereocenters. The van der Waals surface area contributed by atoms with Gasteiger partial charge < -0.3 is 15.8 Å². The van der Waals surface area contributed by atoms with Crippen molar-refractivity contribution in [1.29, 1.82) is 0 Å². The zero-order valence-electron chi connectivity index (χ0n) is 9.64. The minimum atomic E-state index is 0.132. The van der Waals surface area contributed by atoms with Crippen LogP contribution in [0.15, 0.2) is 5.16 Å². The van der Waals surface area contributed by atoms with Crippen molar-refractivity contribution < 1.29 is 5.21 Å². The first-order chi connectivity index (χ1) is 7.65. The zero-order valence-corrected chi connectivity index (χ0v) is 9.64. The predicted octanol–water partition coefficient (Wildman–Crippen LogP) is 0.423. The molecule has 6 nitrogen and oxygen atoms in total. The second-order valence-electron chi connectivity index (χ2n) is 4.09. The van der Waals surface area contributed by atoms with E-state index in [0.717, 1.165) is 30.2 Å². The molecule has 0 spiro atoms. The van der Waals surface area contributed by atoms with Crippen LogP contribution in [0.5, 0.6) is 0 Å². The number of rotatable bonds is 2. The van der Waals surface area contributed by atoms with E-state index in [0.29, 0.717) is 0 Å². The first-order valence-electron chi connectivity index (χ1n) is 5.41. The number of hydrogen-bond donors (Lipinski definition) is 2. The Morgan fingerprint density at radius 2 is 2.06 bits per heavy atom. The number of nitrogens with zero attached hydrogens (tertiary/aromatic N) is 4. The molecule has 3 N–H and O–H groups in total. The van der Waals surface area contributed by atoms with Crippen molar-refractivity contribution in [3.8, 4) is 0 Å². The van der Waals surface area contributed by atoms with Gasteiger partial charge in [-0.15, -0.1) is 0 Å². The van der Waals surface area contributed by atoms with Gasteiger partial charge in [-0.25, -0.2) is 0 Å². The van der Waals surface area contributed by atoms with E-state index < -0.39 is 0 Å². The first-order valence-corrected chi connectivity index (χ1v) is 5.41. The fraction of sp³-hybridized carbons (Fsp3) is 0.600. The summed E-state index contributed by atoms with van der Waals surface area (Å²) in [4.78, 5) is 2.23. The van der Waals surface area contributed by atoms with E-state index in [4.69, 9.17) is 10.9 Å². The number of oxime groups is 1. The monoisotopic (exact) mass is 223 g/mol. The Labute approximate surface area is 94.3 Å². The third kappa shape index (κ3) is 1.60. The summed E-state index contributed by atoms with van der Waals surface area (Å²) in [7, 11) is 1.88. The average molecular weight is 223 g/mol. The number of amidine groups is 1. The van der Waals surface area contributed by atoms with E-state index in [1.807, 2.05) is 14.0 Å². The molecule has 88 valence electrons. The standard InChI is InChI=1S/C10H17N5O/c1-7-8(9(11)13-16)10(14(2)12-7)15-5-3-4-6-15/h16H,3-6H2,1-2H3,(H2,11,13). The van der Waals surface area contributed by atoms with Gasteiger partial charge in [0.2, 0.25) is 0 Å². The highest BCUT2D eigenvalue weighted by molar-refractivity contribution is 6.02. The van der Waals surface area contributed by atoms with Gasteiger partial charge in [0.05, 0.1) is 11.3 Å². The van der Waals surface area contributed by atoms with Crippen LogP contribution in [0.25, 0.3) is 0 Å². The van der Waals surface area contributed by atoms with Crippen molar-refractivity contribution in [2.24, 2.45) is 17.9 Å². The average Bonchev–Trinajstić information content (AvgIpc) is 2.84. The second kappa shape index (κ2) is 4.03. The SMILES string of the molecule is Cc1nn(C)c(N2CCCC2)c1C(N)=NO. The molecule has 0 radical (unpaired) electrons. The van der Waals surface area contributed by atoms with Crippen molar-refractivity contribution in [3.63, 3.8) is 0 Å². The summed E-state index contributed by atoms with van der Waals surface area (Å²) in [5.41, 5.74) is 7.23. The van der Waals surface area contributed by atoms with Crippen LogP contribution < -0.4 is 10.6 Å². The molecule has 0 bridgehead atoms. The van der Waals surface area contributed by atoms with Crippen LogP contribution in [-0.2, 0) is 7.05 Å². The molecule has 0 atom stereocenters. The Hall–Kier alpha value is -1.72. The van der Waals surface area contributed by atoms with Gasteiger partial charge in [-0.05, 0) is 19.8 Å². The van der Waals surface area contributed by atoms with Gasteiger partial charge in [0.15, 0.2) is 5.84 Å². The van der Waals surface area contributed by atoms with Crippen LogP contribution in [0.1, 0.15) is 24.1 Å². The fourth-order valence-electron chi connectivity index (χ4n) is 2.29. The third-order valence-electron chi connectivity index (χ3n) is 2.96. The molecule has 0 amide bonds. The molecule has 2 heterocycles. The van der Waals surface area contributed by atoms with Gasteiger partial charge in [-0.1, -0.05) is 5.16 Å². The highest BCUT2D eigenvalue weighted by Crippen LogP contribution is 2.26. The van der Waals surface area contributed by atoms with Crippen LogP contribution in [-0.4, -0.2) is 33.9 Å². The van der Waals surface area contributed by atoms with Crippen molar-refractivity contribution in [2.45, 2.75) is 19.8 Å². The molecular weight excluding hydrogens is 206 g/mol. The van der Waals surface area contributed by atoms with Crippen LogP contribution in [0, 0.1) is 6.92 Å². The molecule has 6 heteroatoms. The maximum absolute atomic E-state index is 8.80. The summed E-state index contributed by atoms with van der Waals surface area (Å²) in [6.45, 7) is 3.88. The van der Waals surface area contributed by atoms with Gasteiger partial charge >= 0.3 is 0 Å². The van der Waals surface area contributed by atoms with Gasteiger partial charge in [0, 0.05) is 20.1 Å². The Kier molecular flexibility index (Phi) is 2.72. The topological polar surface area (TPSA) is 79.7 Å². The van der Waals surface area contributed by atoms with Gasteiger partial charge in [-0.3, -0.25) is 4.68 Å². The lowest BCUT2D eigenvalue weighted by Gasteiger charge is -2.19. The van der Waals surface area contributed by atoms with E-state index >= 15 is 0 Å². The van der Waals surface area contributed by atoms with E-state index in [2.05, 4.69) is 15.2 Å². The van der Waals surface area contributed by atoms with Crippen molar-refractivity contribution in [2.75, 3.05) is 18.0 Å². The smallest absolute Gasteiger partial charge is 0.175 e.